The van der Waals surface area contributed by atoms with E-state index in [1.54, 1.807) is 18.2 Å². The summed E-state index contributed by atoms with van der Waals surface area (Å²) in [4.78, 5) is 14.5. The van der Waals surface area contributed by atoms with Crippen LogP contribution in [0.1, 0.15) is 32.3 Å². The van der Waals surface area contributed by atoms with Crippen LogP contribution in [0.2, 0.25) is 5.02 Å². The van der Waals surface area contributed by atoms with Gasteiger partial charge in [0.1, 0.15) is 6.07 Å². The summed E-state index contributed by atoms with van der Waals surface area (Å²) >= 11 is 5.98. The first kappa shape index (κ1) is 15.8. The molecule has 0 saturated carbocycles. The van der Waals surface area contributed by atoms with Crippen LogP contribution in [0.5, 0.6) is 0 Å². The third-order valence-corrected chi connectivity index (χ3v) is 4.29. The largest absolute Gasteiger partial charge is 0.325 e. The van der Waals surface area contributed by atoms with E-state index < -0.39 is 0 Å². The third kappa shape index (κ3) is 3.96. The van der Waals surface area contributed by atoms with Gasteiger partial charge < -0.3 is 5.32 Å². The smallest absolute Gasteiger partial charge is 0.241 e. The molecule has 4 nitrogen and oxygen atoms in total. The van der Waals surface area contributed by atoms with E-state index in [1.165, 1.54) is 6.42 Å². The highest BCUT2D eigenvalue weighted by Gasteiger charge is 2.25. The number of carbonyl (C=O) groups is 1. The normalized spacial score (nSPS) is 20.6. The number of nitrogens with zero attached hydrogens (tertiary/aromatic N) is 2. The van der Waals surface area contributed by atoms with Gasteiger partial charge in [-0.25, -0.2) is 0 Å². The van der Waals surface area contributed by atoms with E-state index >= 15 is 0 Å². The van der Waals surface area contributed by atoms with Gasteiger partial charge in [0.05, 0.1) is 16.6 Å². The Morgan fingerprint density at radius 2 is 2.33 bits per heavy atom. The predicted octanol–water partition coefficient (Wildman–Crippen LogP) is 3.27. The molecule has 112 valence electrons. The second-order valence-corrected chi connectivity index (χ2v) is 6.12. The first-order valence-electron chi connectivity index (χ1n) is 7.26. The molecule has 21 heavy (non-hydrogen) atoms. The lowest BCUT2D eigenvalue weighted by Gasteiger charge is -2.34. The van der Waals surface area contributed by atoms with Crippen LogP contribution in [0.15, 0.2) is 18.2 Å². The summed E-state index contributed by atoms with van der Waals surface area (Å²) in [5, 5.41) is 12.1. The minimum atomic E-state index is -0.165. The van der Waals surface area contributed by atoms with Crippen LogP contribution in [0.4, 0.5) is 5.69 Å². The molecule has 0 aliphatic carbocycles. The number of benzene rings is 1. The molecule has 1 aromatic carbocycles. The van der Waals surface area contributed by atoms with Crippen LogP contribution in [0.3, 0.4) is 0 Å². The van der Waals surface area contributed by atoms with Crippen molar-refractivity contribution in [3.63, 3.8) is 0 Å². The molecule has 1 aliphatic rings. The van der Waals surface area contributed by atoms with Gasteiger partial charge in [-0.05, 0) is 50.4 Å². The van der Waals surface area contributed by atoms with E-state index in [2.05, 4.69) is 17.1 Å². The fourth-order valence-corrected chi connectivity index (χ4v) is 2.90. The third-order valence-electron chi connectivity index (χ3n) is 3.97. The molecule has 0 spiro atoms. The van der Waals surface area contributed by atoms with Crippen molar-refractivity contribution in [2.24, 2.45) is 5.92 Å². The number of piperidine rings is 1. The molecule has 1 fully saturated rings. The van der Waals surface area contributed by atoms with Gasteiger partial charge in [-0.1, -0.05) is 18.5 Å². The Labute approximate surface area is 130 Å². The maximum absolute atomic E-state index is 12.3. The van der Waals surface area contributed by atoms with Crippen molar-refractivity contribution in [2.75, 3.05) is 18.4 Å². The predicted molar refractivity (Wildman–Crippen MR) is 84.2 cm³/mol. The Balaban J connectivity index is 2.00. The molecular weight excluding hydrogens is 286 g/mol. The monoisotopic (exact) mass is 305 g/mol. The Morgan fingerprint density at radius 3 is 2.95 bits per heavy atom. The van der Waals surface area contributed by atoms with Gasteiger partial charge in [0, 0.05) is 12.2 Å². The van der Waals surface area contributed by atoms with Crippen LogP contribution >= 0.6 is 11.6 Å². The lowest BCUT2D eigenvalue weighted by Crippen LogP contribution is -2.46. The number of amides is 1. The zero-order chi connectivity index (χ0) is 15.4. The number of halogens is 1. The molecule has 2 atom stereocenters. The van der Waals surface area contributed by atoms with E-state index in [4.69, 9.17) is 16.9 Å². The van der Waals surface area contributed by atoms with Crippen LogP contribution in [0.25, 0.3) is 0 Å². The Bertz CT molecular complexity index is 567. The minimum Gasteiger partial charge on any atom is -0.325 e. The summed E-state index contributed by atoms with van der Waals surface area (Å²) in [7, 11) is 0. The molecule has 1 amide bonds. The van der Waals surface area contributed by atoms with Crippen LogP contribution in [-0.2, 0) is 4.79 Å². The molecular formula is C16H20ClN3O. The van der Waals surface area contributed by atoms with E-state index in [9.17, 15) is 4.79 Å². The van der Waals surface area contributed by atoms with Gasteiger partial charge in [-0.2, -0.15) is 5.26 Å². The van der Waals surface area contributed by atoms with Gasteiger partial charge in [0.2, 0.25) is 5.91 Å². The summed E-state index contributed by atoms with van der Waals surface area (Å²) in [6.45, 7) is 6.07. The van der Waals surface area contributed by atoms with Gasteiger partial charge in [-0.15, -0.1) is 0 Å². The average Bonchev–Trinajstić information content (AvgIpc) is 2.46. The quantitative estimate of drug-likeness (QED) is 0.932. The summed E-state index contributed by atoms with van der Waals surface area (Å²) in [5.41, 5.74) is 1.04. The summed E-state index contributed by atoms with van der Waals surface area (Å²) in [5.74, 6) is 0.600. The highest BCUT2D eigenvalue weighted by Crippen LogP contribution is 2.22. The minimum absolute atomic E-state index is 0.0372. The number of nitriles is 1. The molecule has 1 saturated heterocycles. The second kappa shape index (κ2) is 6.93. The first-order chi connectivity index (χ1) is 10.0. The average molecular weight is 306 g/mol. The molecule has 2 unspecified atom stereocenters. The number of likely N-dealkylation sites (tertiary alicyclic amines) is 1. The Hall–Kier alpha value is -1.57. The number of hydrogen-bond acceptors (Lipinski definition) is 3. The molecule has 2 rings (SSSR count). The second-order valence-electron chi connectivity index (χ2n) is 5.71. The SMILES string of the molecule is CC1CCCN(C(C)C(=O)Nc2ccc(C#N)c(Cl)c2)C1. The van der Waals surface area contributed by atoms with Crippen molar-refractivity contribution in [1.82, 2.24) is 4.90 Å². The van der Waals surface area contributed by atoms with E-state index in [0.717, 1.165) is 19.5 Å². The van der Waals surface area contributed by atoms with Crippen LogP contribution < -0.4 is 5.32 Å². The number of carbonyl (C=O) groups excluding carboxylic acids is 1. The summed E-state index contributed by atoms with van der Waals surface area (Å²) in [6.07, 6.45) is 2.37. The van der Waals surface area contributed by atoms with Crippen LogP contribution in [-0.4, -0.2) is 29.9 Å². The van der Waals surface area contributed by atoms with Crippen molar-refractivity contribution in [1.29, 1.82) is 5.26 Å². The van der Waals surface area contributed by atoms with Gasteiger partial charge >= 0.3 is 0 Å². The molecule has 1 aliphatic heterocycles. The number of anilines is 1. The number of rotatable bonds is 3. The van der Waals surface area contributed by atoms with Gasteiger partial charge in [-0.3, -0.25) is 9.69 Å². The van der Waals surface area contributed by atoms with Gasteiger partial charge in [0.15, 0.2) is 0 Å². The molecule has 0 radical (unpaired) electrons. The summed E-state index contributed by atoms with van der Waals surface area (Å²) in [6, 6.07) is 6.77. The van der Waals surface area contributed by atoms with Crippen molar-refractivity contribution in [3.05, 3.63) is 28.8 Å². The van der Waals surface area contributed by atoms with Crippen molar-refractivity contribution in [3.8, 4) is 6.07 Å². The number of nitrogens with one attached hydrogen (secondary N) is 1. The Kier molecular flexibility index (Phi) is 5.22. The zero-order valence-electron chi connectivity index (χ0n) is 12.4. The van der Waals surface area contributed by atoms with E-state index in [-0.39, 0.29) is 11.9 Å². The fraction of sp³-hybridized carbons (Fsp3) is 0.500. The maximum Gasteiger partial charge on any atom is 0.241 e. The molecule has 1 aromatic rings. The van der Waals surface area contributed by atoms with Crippen molar-refractivity contribution >= 4 is 23.2 Å². The molecule has 1 N–H and O–H groups in total. The fourth-order valence-electron chi connectivity index (χ4n) is 2.67. The lowest BCUT2D eigenvalue weighted by molar-refractivity contribution is -0.121. The molecule has 1 heterocycles. The Morgan fingerprint density at radius 1 is 1.57 bits per heavy atom. The zero-order valence-corrected chi connectivity index (χ0v) is 13.2. The van der Waals surface area contributed by atoms with Crippen molar-refractivity contribution in [2.45, 2.75) is 32.7 Å². The topological polar surface area (TPSA) is 56.1 Å². The number of hydrogen-bond donors (Lipinski definition) is 1. The first-order valence-corrected chi connectivity index (χ1v) is 7.63. The molecule has 0 aromatic heterocycles. The highest BCUT2D eigenvalue weighted by molar-refractivity contribution is 6.32. The summed E-state index contributed by atoms with van der Waals surface area (Å²) < 4.78 is 0. The van der Waals surface area contributed by atoms with Crippen LogP contribution in [0, 0.1) is 17.2 Å². The lowest BCUT2D eigenvalue weighted by atomic mass is 9.99. The highest BCUT2D eigenvalue weighted by atomic mass is 35.5. The maximum atomic E-state index is 12.3. The van der Waals surface area contributed by atoms with E-state index in [1.807, 2.05) is 13.0 Å². The standard InChI is InChI=1S/C16H20ClN3O/c1-11-4-3-7-20(10-11)12(2)16(21)19-14-6-5-13(9-18)15(17)8-14/h5-6,8,11-12H,3-4,7,10H2,1-2H3,(H,19,21). The van der Waals surface area contributed by atoms with Gasteiger partial charge in [0.25, 0.3) is 0 Å². The van der Waals surface area contributed by atoms with Crippen molar-refractivity contribution < 1.29 is 4.79 Å². The van der Waals surface area contributed by atoms with E-state index in [0.29, 0.717) is 22.2 Å². The molecule has 5 heteroatoms. The molecule has 0 bridgehead atoms.